The number of carbonyl (C=O) groups is 1. The number of nitrogens with one attached hydrogen (secondary N) is 2. The van der Waals surface area contributed by atoms with Crippen molar-refractivity contribution in [3.05, 3.63) is 35.6 Å². The fourth-order valence-corrected chi connectivity index (χ4v) is 5.39. The number of amides is 2. The van der Waals surface area contributed by atoms with Crippen molar-refractivity contribution < 1.29 is 17.6 Å². The van der Waals surface area contributed by atoms with Crippen LogP contribution in [-0.4, -0.2) is 44.1 Å². The summed E-state index contributed by atoms with van der Waals surface area (Å²) in [4.78, 5) is 12.3. The van der Waals surface area contributed by atoms with Crippen LogP contribution in [0.1, 0.15) is 43.7 Å². The van der Waals surface area contributed by atoms with E-state index in [1.165, 1.54) is 16.4 Å². The monoisotopic (exact) mass is 383 g/mol. The summed E-state index contributed by atoms with van der Waals surface area (Å²) in [5.41, 5.74) is 0.899. The molecule has 1 saturated heterocycles. The quantitative estimate of drug-likeness (QED) is 0.792. The normalized spacial score (nSPS) is 21.6. The van der Waals surface area contributed by atoms with E-state index < -0.39 is 10.0 Å². The molecule has 1 aromatic rings. The van der Waals surface area contributed by atoms with Gasteiger partial charge in [0.25, 0.3) is 0 Å². The summed E-state index contributed by atoms with van der Waals surface area (Å²) in [7, 11) is -3.14. The number of sulfonamides is 1. The lowest BCUT2D eigenvalue weighted by Crippen LogP contribution is -2.43. The second-order valence-corrected chi connectivity index (χ2v) is 9.13. The molecule has 6 nitrogen and oxygen atoms in total. The van der Waals surface area contributed by atoms with Gasteiger partial charge < -0.3 is 10.6 Å². The third-order valence-corrected chi connectivity index (χ3v) is 7.19. The van der Waals surface area contributed by atoms with Crippen molar-refractivity contribution >= 4 is 16.1 Å². The molecule has 1 atom stereocenters. The van der Waals surface area contributed by atoms with Gasteiger partial charge in [-0.15, -0.1) is 0 Å². The fraction of sp³-hybridized carbons (Fsp3) is 0.611. The van der Waals surface area contributed by atoms with Crippen LogP contribution in [0.2, 0.25) is 0 Å². The predicted octanol–water partition coefficient (Wildman–Crippen LogP) is 2.39. The van der Waals surface area contributed by atoms with Crippen LogP contribution in [0, 0.1) is 11.7 Å². The largest absolute Gasteiger partial charge is 0.337 e. The minimum atomic E-state index is -3.14. The SMILES string of the molecule is O=C(NCCN1CCCS1(=O)=O)NC(c1ccc(F)cc1)C1CCCC1. The van der Waals surface area contributed by atoms with Gasteiger partial charge in [0, 0.05) is 19.6 Å². The van der Waals surface area contributed by atoms with Crippen molar-refractivity contribution in [3.8, 4) is 0 Å². The van der Waals surface area contributed by atoms with Crippen LogP contribution in [0.15, 0.2) is 24.3 Å². The van der Waals surface area contributed by atoms with E-state index in [-0.39, 0.29) is 30.2 Å². The number of halogens is 1. The van der Waals surface area contributed by atoms with Crippen molar-refractivity contribution in [2.24, 2.45) is 5.92 Å². The Morgan fingerprint density at radius 2 is 1.88 bits per heavy atom. The molecule has 1 aliphatic carbocycles. The van der Waals surface area contributed by atoms with E-state index in [4.69, 9.17) is 0 Å². The van der Waals surface area contributed by atoms with Crippen molar-refractivity contribution in [1.29, 1.82) is 0 Å². The maximum atomic E-state index is 13.2. The van der Waals surface area contributed by atoms with Crippen LogP contribution in [0.25, 0.3) is 0 Å². The molecular weight excluding hydrogens is 357 g/mol. The van der Waals surface area contributed by atoms with Gasteiger partial charge in [-0.3, -0.25) is 0 Å². The summed E-state index contributed by atoms with van der Waals surface area (Å²) in [5, 5.41) is 5.75. The Bertz CT molecular complexity index is 718. The molecule has 2 amide bonds. The number of hydrogen-bond donors (Lipinski definition) is 2. The van der Waals surface area contributed by atoms with Crippen LogP contribution in [-0.2, 0) is 10.0 Å². The van der Waals surface area contributed by atoms with Crippen LogP contribution in [0.4, 0.5) is 9.18 Å². The standard InChI is InChI=1S/C18H26FN3O3S/c19-16-8-6-15(7-9-16)17(14-4-1-2-5-14)21-18(23)20-10-12-22-11-3-13-26(22,24)25/h6-9,14,17H,1-5,10-13H2,(H2,20,21,23). The van der Waals surface area contributed by atoms with Crippen LogP contribution < -0.4 is 10.6 Å². The number of nitrogens with zero attached hydrogens (tertiary/aromatic N) is 1. The molecule has 1 aliphatic heterocycles. The molecule has 2 fully saturated rings. The first-order valence-corrected chi connectivity index (χ1v) is 10.8. The first-order valence-electron chi connectivity index (χ1n) is 9.23. The lowest BCUT2D eigenvalue weighted by atomic mass is 9.92. The van der Waals surface area contributed by atoms with Crippen molar-refractivity contribution in [2.45, 2.75) is 38.1 Å². The Labute approximate surface area is 154 Å². The summed E-state index contributed by atoms with van der Waals surface area (Å²) in [6.45, 7) is 1.08. The highest BCUT2D eigenvalue weighted by atomic mass is 32.2. The Morgan fingerprint density at radius 3 is 2.50 bits per heavy atom. The summed E-state index contributed by atoms with van der Waals surface area (Å²) in [6.07, 6.45) is 4.99. The number of benzene rings is 1. The van der Waals surface area contributed by atoms with E-state index in [1.807, 2.05) is 0 Å². The highest BCUT2D eigenvalue weighted by molar-refractivity contribution is 7.89. The topological polar surface area (TPSA) is 78.5 Å². The van der Waals surface area contributed by atoms with E-state index in [1.54, 1.807) is 12.1 Å². The maximum Gasteiger partial charge on any atom is 0.315 e. The summed E-state index contributed by atoms with van der Waals surface area (Å²) in [6, 6.07) is 5.78. The minimum Gasteiger partial charge on any atom is -0.337 e. The van der Waals surface area contributed by atoms with E-state index in [9.17, 15) is 17.6 Å². The molecule has 1 aromatic carbocycles. The first-order chi connectivity index (χ1) is 12.5. The molecule has 0 aromatic heterocycles. The van der Waals surface area contributed by atoms with Gasteiger partial charge in [0.2, 0.25) is 10.0 Å². The van der Waals surface area contributed by atoms with Crippen molar-refractivity contribution in [2.75, 3.05) is 25.4 Å². The molecule has 1 saturated carbocycles. The maximum absolute atomic E-state index is 13.2. The molecule has 0 bridgehead atoms. The molecule has 0 radical (unpaired) electrons. The second kappa shape index (κ2) is 8.35. The van der Waals surface area contributed by atoms with Crippen LogP contribution >= 0.6 is 0 Å². The van der Waals surface area contributed by atoms with Crippen molar-refractivity contribution in [3.63, 3.8) is 0 Å². The Hall–Kier alpha value is -1.67. The predicted molar refractivity (Wildman–Crippen MR) is 97.6 cm³/mol. The minimum absolute atomic E-state index is 0.159. The molecule has 3 rings (SSSR count). The third-order valence-electron chi connectivity index (χ3n) is 5.24. The lowest BCUT2D eigenvalue weighted by molar-refractivity contribution is 0.230. The zero-order valence-electron chi connectivity index (χ0n) is 14.8. The molecule has 1 heterocycles. The molecule has 8 heteroatoms. The van der Waals surface area contributed by atoms with E-state index in [0.717, 1.165) is 31.2 Å². The highest BCUT2D eigenvalue weighted by Crippen LogP contribution is 2.35. The van der Waals surface area contributed by atoms with Gasteiger partial charge in [-0.25, -0.2) is 21.9 Å². The van der Waals surface area contributed by atoms with E-state index in [0.29, 0.717) is 25.4 Å². The van der Waals surface area contributed by atoms with Gasteiger partial charge in [0.1, 0.15) is 5.82 Å². The zero-order chi connectivity index (χ0) is 18.6. The first kappa shape index (κ1) is 19.1. The zero-order valence-corrected chi connectivity index (χ0v) is 15.6. The molecule has 2 N–H and O–H groups in total. The summed E-state index contributed by atoms with van der Waals surface area (Å²) >= 11 is 0. The number of carbonyl (C=O) groups excluding carboxylic acids is 1. The van der Waals surface area contributed by atoms with E-state index in [2.05, 4.69) is 10.6 Å². The van der Waals surface area contributed by atoms with Crippen LogP contribution in [0.3, 0.4) is 0 Å². The second-order valence-electron chi connectivity index (χ2n) is 7.04. The number of urea groups is 1. The van der Waals surface area contributed by atoms with Crippen LogP contribution in [0.5, 0.6) is 0 Å². The Morgan fingerprint density at radius 1 is 1.19 bits per heavy atom. The third kappa shape index (κ3) is 4.73. The molecular formula is C18H26FN3O3S. The van der Waals surface area contributed by atoms with Gasteiger partial charge in [-0.05, 0) is 42.9 Å². The average molecular weight is 383 g/mol. The summed E-state index contributed by atoms with van der Waals surface area (Å²) in [5.74, 6) is 0.230. The Balaban J connectivity index is 1.56. The fourth-order valence-electron chi connectivity index (χ4n) is 3.86. The van der Waals surface area contributed by atoms with Crippen molar-refractivity contribution in [1.82, 2.24) is 14.9 Å². The summed E-state index contributed by atoms with van der Waals surface area (Å²) < 4.78 is 38.2. The number of hydrogen-bond acceptors (Lipinski definition) is 3. The van der Waals surface area contributed by atoms with Gasteiger partial charge >= 0.3 is 6.03 Å². The molecule has 2 aliphatic rings. The molecule has 1 unspecified atom stereocenters. The van der Waals surface area contributed by atoms with Gasteiger partial charge in [0.05, 0.1) is 11.8 Å². The van der Waals surface area contributed by atoms with Gasteiger partial charge in [0.15, 0.2) is 0 Å². The molecule has 0 spiro atoms. The average Bonchev–Trinajstić information content (AvgIpc) is 3.24. The Kier molecular flexibility index (Phi) is 6.13. The van der Waals surface area contributed by atoms with E-state index >= 15 is 0 Å². The highest BCUT2D eigenvalue weighted by Gasteiger charge is 2.29. The lowest BCUT2D eigenvalue weighted by Gasteiger charge is -2.25. The number of rotatable bonds is 6. The van der Waals surface area contributed by atoms with Gasteiger partial charge in [-0.1, -0.05) is 25.0 Å². The van der Waals surface area contributed by atoms with Gasteiger partial charge in [-0.2, -0.15) is 0 Å². The molecule has 26 heavy (non-hydrogen) atoms. The smallest absolute Gasteiger partial charge is 0.315 e. The molecule has 144 valence electrons.